The zero-order chi connectivity index (χ0) is 14.5. The van der Waals surface area contributed by atoms with Gasteiger partial charge in [0.1, 0.15) is 0 Å². The number of benzene rings is 2. The standard InChI is InChI=1S/C18H24N2/c1-5-19-13-16-9-10-18(12-15(16)3)20(4)17-8-6-7-14(2)11-17/h6-12,19H,5,13H2,1-4H3. The van der Waals surface area contributed by atoms with Gasteiger partial charge in [-0.15, -0.1) is 0 Å². The minimum absolute atomic E-state index is 0.941. The topological polar surface area (TPSA) is 15.3 Å². The molecular formula is C18H24N2. The summed E-state index contributed by atoms with van der Waals surface area (Å²) in [5.74, 6) is 0. The molecule has 0 heterocycles. The van der Waals surface area contributed by atoms with Crippen LogP contribution in [0.4, 0.5) is 11.4 Å². The molecule has 0 aliphatic rings. The van der Waals surface area contributed by atoms with Crippen molar-refractivity contribution < 1.29 is 0 Å². The van der Waals surface area contributed by atoms with E-state index >= 15 is 0 Å². The van der Waals surface area contributed by atoms with E-state index in [4.69, 9.17) is 0 Å². The molecule has 0 fully saturated rings. The monoisotopic (exact) mass is 268 g/mol. The van der Waals surface area contributed by atoms with Crippen LogP contribution in [-0.4, -0.2) is 13.6 Å². The van der Waals surface area contributed by atoms with E-state index in [1.165, 1.54) is 28.1 Å². The van der Waals surface area contributed by atoms with Crippen LogP contribution < -0.4 is 10.2 Å². The zero-order valence-electron chi connectivity index (χ0n) is 12.9. The Balaban J connectivity index is 2.22. The third kappa shape index (κ3) is 3.40. The van der Waals surface area contributed by atoms with Crippen molar-refractivity contribution >= 4 is 11.4 Å². The molecule has 2 aromatic carbocycles. The summed E-state index contributed by atoms with van der Waals surface area (Å²) in [4.78, 5) is 2.23. The van der Waals surface area contributed by atoms with E-state index in [2.05, 4.69) is 80.5 Å². The van der Waals surface area contributed by atoms with Gasteiger partial charge in [0.2, 0.25) is 0 Å². The maximum Gasteiger partial charge on any atom is 0.0410 e. The minimum atomic E-state index is 0.941. The molecule has 0 bridgehead atoms. The first-order valence-electron chi connectivity index (χ1n) is 7.22. The first-order chi connectivity index (χ1) is 9.61. The highest BCUT2D eigenvalue weighted by atomic mass is 15.1. The molecule has 0 aromatic heterocycles. The van der Waals surface area contributed by atoms with Crippen molar-refractivity contribution in [2.75, 3.05) is 18.5 Å². The Morgan fingerprint density at radius 1 is 1.00 bits per heavy atom. The lowest BCUT2D eigenvalue weighted by molar-refractivity contribution is 0.723. The molecule has 0 unspecified atom stereocenters. The second-order valence-electron chi connectivity index (χ2n) is 5.29. The molecule has 0 saturated carbocycles. The summed E-state index contributed by atoms with van der Waals surface area (Å²) in [7, 11) is 2.12. The fourth-order valence-electron chi connectivity index (χ4n) is 2.33. The SMILES string of the molecule is CCNCc1ccc(N(C)c2cccc(C)c2)cc1C. The molecule has 106 valence electrons. The van der Waals surface area contributed by atoms with E-state index in [1.54, 1.807) is 0 Å². The third-order valence-electron chi connectivity index (χ3n) is 3.67. The average molecular weight is 268 g/mol. The van der Waals surface area contributed by atoms with Crippen molar-refractivity contribution in [3.05, 3.63) is 59.2 Å². The summed E-state index contributed by atoms with van der Waals surface area (Å²) in [6.07, 6.45) is 0. The number of nitrogens with one attached hydrogen (secondary N) is 1. The second-order valence-corrected chi connectivity index (χ2v) is 5.29. The number of anilines is 2. The van der Waals surface area contributed by atoms with Gasteiger partial charge in [0, 0.05) is 25.0 Å². The molecule has 2 nitrogen and oxygen atoms in total. The molecule has 2 heteroatoms. The molecule has 0 saturated heterocycles. The van der Waals surface area contributed by atoms with Gasteiger partial charge in [-0.2, -0.15) is 0 Å². The molecule has 0 radical (unpaired) electrons. The van der Waals surface area contributed by atoms with Crippen LogP contribution in [-0.2, 0) is 6.54 Å². The smallest absolute Gasteiger partial charge is 0.0410 e. The summed E-state index contributed by atoms with van der Waals surface area (Å²) < 4.78 is 0. The normalized spacial score (nSPS) is 10.6. The maximum atomic E-state index is 3.38. The molecule has 0 aliphatic heterocycles. The molecule has 0 amide bonds. The van der Waals surface area contributed by atoms with Crippen molar-refractivity contribution in [2.45, 2.75) is 27.3 Å². The van der Waals surface area contributed by atoms with Crippen LogP contribution in [0.25, 0.3) is 0 Å². The minimum Gasteiger partial charge on any atom is -0.345 e. The van der Waals surface area contributed by atoms with E-state index < -0.39 is 0 Å². The fourth-order valence-corrected chi connectivity index (χ4v) is 2.33. The molecule has 0 atom stereocenters. The van der Waals surface area contributed by atoms with Gasteiger partial charge in [0.15, 0.2) is 0 Å². The van der Waals surface area contributed by atoms with Crippen molar-refractivity contribution in [1.29, 1.82) is 0 Å². The highest BCUT2D eigenvalue weighted by Crippen LogP contribution is 2.26. The Kier molecular flexibility index (Phi) is 4.80. The highest BCUT2D eigenvalue weighted by molar-refractivity contribution is 5.64. The summed E-state index contributed by atoms with van der Waals surface area (Å²) in [5, 5.41) is 3.38. The predicted octanol–water partition coefficient (Wildman–Crippen LogP) is 4.18. The van der Waals surface area contributed by atoms with Gasteiger partial charge in [-0.25, -0.2) is 0 Å². The van der Waals surface area contributed by atoms with Gasteiger partial charge in [-0.1, -0.05) is 25.1 Å². The molecular weight excluding hydrogens is 244 g/mol. The number of nitrogens with zero attached hydrogens (tertiary/aromatic N) is 1. The van der Waals surface area contributed by atoms with Crippen LogP contribution in [0.5, 0.6) is 0 Å². The summed E-state index contributed by atoms with van der Waals surface area (Å²) >= 11 is 0. The molecule has 2 rings (SSSR count). The van der Waals surface area contributed by atoms with E-state index in [0.29, 0.717) is 0 Å². The summed E-state index contributed by atoms with van der Waals surface area (Å²) in [5.41, 5.74) is 6.45. The lowest BCUT2D eigenvalue weighted by Crippen LogP contribution is -2.14. The lowest BCUT2D eigenvalue weighted by atomic mass is 10.1. The van der Waals surface area contributed by atoms with Crippen molar-refractivity contribution in [3.63, 3.8) is 0 Å². The molecule has 0 aliphatic carbocycles. The summed E-state index contributed by atoms with van der Waals surface area (Å²) in [6.45, 7) is 8.39. The number of rotatable bonds is 5. The van der Waals surface area contributed by atoms with Gasteiger partial charge >= 0.3 is 0 Å². The molecule has 2 aromatic rings. The van der Waals surface area contributed by atoms with Crippen molar-refractivity contribution in [3.8, 4) is 0 Å². The van der Waals surface area contributed by atoms with Crippen molar-refractivity contribution in [1.82, 2.24) is 5.32 Å². The van der Waals surface area contributed by atoms with Crippen LogP contribution in [0, 0.1) is 13.8 Å². The van der Waals surface area contributed by atoms with Crippen molar-refractivity contribution in [2.24, 2.45) is 0 Å². The van der Waals surface area contributed by atoms with Gasteiger partial charge < -0.3 is 10.2 Å². The van der Waals surface area contributed by atoms with E-state index in [1.807, 2.05) is 0 Å². The predicted molar refractivity (Wildman–Crippen MR) is 87.8 cm³/mol. The first-order valence-corrected chi connectivity index (χ1v) is 7.22. The van der Waals surface area contributed by atoms with Crippen LogP contribution in [0.3, 0.4) is 0 Å². The molecule has 0 spiro atoms. The highest BCUT2D eigenvalue weighted by Gasteiger charge is 2.06. The van der Waals surface area contributed by atoms with Crippen LogP contribution >= 0.6 is 0 Å². The average Bonchev–Trinajstić information content (AvgIpc) is 2.45. The lowest BCUT2D eigenvalue weighted by Gasteiger charge is -2.21. The Bertz CT molecular complexity index is 575. The Hall–Kier alpha value is -1.80. The zero-order valence-corrected chi connectivity index (χ0v) is 12.9. The van der Waals surface area contributed by atoms with E-state index in [-0.39, 0.29) is 0 Å². The quantitative estimate of drug-likeness (QED) is 0.875. The van der Waals surface area contributed by atoms with E-state index in [0.717, 1.165) is 13.1 Å². The molecule has 20 heavy (non-hydrogen) atoms. The Morgan fingerprint density at radius 3 is 2.40 bits per heavy atom. The van der Waals surface area contributed by atoms with Gasteiger partial charge in [-0.05, 0) is 61.3 Å². The maximum absolute atomic E-state index is 3.38. The largest absolute Gasteiger partial charge is 0.345 e. The van der Waals surface area contributed by atoms with Crippen LogP contribution in [0.2, 0.25) is 0 Å². The van der Waals surface area contributed by atoms with Crippen LogP contribution in [0.1, 0.15) is 23.6 Å². The molecule has 1 N–H and O–H groups in total. The number of hydrogen-bond donors (Lipinski definition) is 1. The van der Waals surface area contributed by atoms with Gasteiger partial charge in [0.25, 0.3) is 0 Å². The second kappa shape index (κ2) is 6.58. The Morgan fingerprint density at radius 2 is 1.75 bits per heavy atom. The summed E-state index contributed by atoms with van der Waals surface area (Å²) in [6, 6.07) is 15.3. The number of hydrogen-bond acceptors (Lipinski definition) is 2. The Labute approximate surface area is 122 Å². The van der Waals surface area contributed by atoms with Crippen LogP contribution in [0.15, 0.2) is 42.5 Å². The van der Waals surface area contributed by atoms with E-state index in [9.17, 15) is 0 Å². The van der Waals surface area contributed by atoms with Gasteiger partial charge in [0.05, 0.1) is 0 Å². The third-order valence-corrected chi connectivity index (χ3v) is 3.67. The number of aryl methyl sites for hydroxylation is 2. The first kappa shape index (κ1) is 14.6. The fraction of sp³-hybridized carbons (Fsp3) is 0.333. The van der Waals surface area contributed by atoms with Gasteiger partial charge in [-0.3, -0.25) is 0 Å².